The summed E-state index contributed by atoms with van der Waals surface area (Å²) >= 11 is 0. The Labute approximate surface area is 97.7 Å². The summed E-state index contributed by atoms with van der Waals surface area (Å²) in [5.41, 5.74) is 0. The maximum absolute atomic E-state index is 11.8. The van der Waals surface area contributed by atoms with Crippen LogP contribution in [0, 0.1) is 5.92 Å². The molecule has 0 amide bonds. The van der Waals surface area contributed by atoms with Crippen molar-refractivity contribution in [1.29, 1.82) is 0 Å². The molecular formula is C12H27NOS. The van der Waals surface area contributed by atoms with Crippen molar-refractivity contribution in [3.8, 4) is 0 Å². The monoisotopic (exact) mass is 233 g/mol. The summed E-state index contributed by atoms with van der Waals surface area (Å²) in [6.07, 6.45) is 3.30. The molecule has 15 heavy (non-hydrogen) atoms. The molecule has 0 radical (unpaired) electrons. The van der Waals surface area contributed by atoms with Crippen molar-refractivity contribution in [1.82, 2.24) is 5.32 Å². The number of hydrogen-bond acceptors (Lipinski definition) is 2. The second-order valence-corrected chi connectivity index (χ2v) is 6.17. The number of rotatable bonds is 9. The highest BCUT2D eigenvalue weighted by atomic mass is 32.2. The van der Waals surface area contributed by atoms with Gasteiger partial charge >= 0.3 is 0 Å². The van der Waals surface area contributed by atoms with Crippen LogP contribution >= 0.6 is 0 Å². The van der Waals surface area contributed by atoms with E-state index < -0.39 is 10.8 Å². The lowest BCUT2D eigenvalue weighted by molar-refractivity contribution is 0.532. The van der Waals surface area contributed by atoms with Crippen LogP contribution in [0.4, 0.5) is 0 Å². The predicted molar refractivity (Wildman–Crippen MR) is 69.7 cm³/mol. The van der Waals surface area contributed by atoms with E-state index in [1.807, 2.05) is 0 Å². The summed E-state index contributed by atoms with van der Waals surface area (Å²) in [4.78, 5) is 0. The van der Waals surface area contributed by atoms with Gasteiger partial charge < -0.3 is 5.32 Å². The van der Waals surface area contributed by atoms with Crippen molar-refractivity contribution >= 4 is 10.8 Å². The quantitative estimate of drug-likeness (QED) is 0.663. The normalized spacial score (nSPS) is 15.5. The van der Waals surface area contributed by atoms with Crippen LogP contribution in [0.15, 0.2) is 0 Å². The summed E-state index contributed by atoms with van der Waals surface area (Å²) in [7, 11) is -0.637. The molecule has 0 fully saturated rings. The summed E-state index contributed by atoms with van der Waals surface area (Å²) in [5.74, 6) is 2.35. The molecule has 3 heteroatoms. The first-order valence-corrected chi connectivity index (χ1v) is 7.67. The summed E-state index contributed by atoms with van der Waals surface area (Å²) in [5, 5.41) is 3.44. The van der Waals surface area contributed by atoms with E-state index in [0.29, 0.717) is 12.0 Å². The van der Waals surface area contributed by atoms with Gasteiger partial charge in [0, 0.05) is 28.3 Å². The van der Waals surface area contributed by atoms with Crippen molar-refractivity contribution in [3.05, 3.63) is 0 Å². The van der Waals surface area contributed by atoms with E-state index in [2.05, 4.69) is 33.0 Å². The first-order valence-electron chi connectivity index (χ1n) is 6.18. The lowest BCUT2D eigenvalue weighted by Crippen LogP contribution is -2.34. The van der Waals surface area contributed by atoms with Crippen LogP contribution in [0.2, 0.25) is 0 Å². The van der Waals surface area contributed by atoms with Crippen molar-refractivity contribution in [2.75, 3.05) is 18.1 Å². The minimum absolute atomic E-state index is 0.443. The fourth-order valence-electron chi connectivity index (χ4n) is 1.34. The fourth-order valence-corrected chi connectivity index (χ4v) is 3.05. The van der Waals surface area contributed by atoms with Gasteiger partial charge in [-0.2, -0.15) is 0 Å². The SMILES string of the molecule is CCCNC(CC)CS(=O)CCC(C)C. The largest absolute Gasteiger partial charge is 0.313 e. The zero-order valence-electron chi connectivity index (χ0n) is 10.7. The third-order valence-electron chi connectivity index (χ3n) is 2.49. The molecule has 2 nitrogen and oxygen atoms in total. The topological polar surface area (TPSA) is 29.1 Å². The van der Waals surface area contributed by atoms with E-state index in [9.17, 15) is 4.21 Å². The van der Waals surface area contributed by atoms with Crippen LogP contribution in [0.3, 0.4) is 0 Å². The van der Waals surface area contributed by atoms with Crippen molar-refractivity contribution < 1.29 is 4.21 Å². The van der Waals surface area contributed by atoms with Gasteiger partial charge in [-0.3, -0.25) is 4.21 Å². The maximum atomic E-state index is 11.8. The van der Waals surface area contributed by atoms with Crippen LogP contribution in [-0.2, 0) is 10.8 Å². The lowest BCUT2D eigenvalue weighted by atomic mass is 10.2. The van der Waals surface area contributed by atoms with Gasteiger partial charge in [0.15, 0.2) is 0 Å². The summed E-state index contributed by atoms with van der Waals surface area (Å²) < 4.78 is 11.8. The molecule has 0 heterocycles. The van der Waals surface area contributed by atoms with Gasteiger partial charge in [0.25, 0.3) is 0 Å². The Morgan fingerprint density at radius 1 is 1.27 bits per heavy atom. The van der Waals surface area contributed by atoms with Crippen molar-refractivity contribution in [2.24, 2.45) is 5.92 Å². The fraction of sp³-hybridized carbons (Fsp3) is 1.00. The Bertz CT molecular complexity index is 171. The third kappa shape index (κ3) is 9.06. The molecule has 0 saturated carbocycles. The predicted octanol–water partition coefficient (Wildman–Crippen LogP) is 2.56. The Hall–Kier alpha value is 0.110. The van der Waals surface area contributed by atoms with E-state index in [4.69, 9.17) is 0 Å². The Balaban J connectivity index is 3.70. The first-order chi connectivity index (χ1) is 7.10. The van der Waals surface area contributed by atoms with Gasteiger partial charge in [0.2, 0.25) is 0 Å². The minimum atomic E-state index is -0.637. The van der Waals surface area contributed by atoms with Gasteiger partial charge in [-0.15, -0.1) is 0 Å². The molecule has 0 aliphatic heterocycles. The molecule has 0 saturated heterocycles. The van der Waals surface area contributed by atoms with E-state index in [0.717, 1.165) is 37.3 Å². The van der Waals surface area contributed by atoms with E-state index in [1.165, 1.54) is 0 Å². The summed E-state index contributed by atoms with van der Waals surface area (Å²) in [6, 6.07) is 0.443. The van der Waals surface area contributed by atoms with E-state index in [1.54, 1.807) is 0 Å². The number of hydrogen-bond donors (Lipinski definition) is 1. The molecule has 0 bridgehead atoms. The maximum Gasteiger partial charge on any atom is 0.0388 e. The van der Waals surface area contributed by atoms with Crippen molar-refractivity contribution in [3.63, 3.8) is 0 Å². The van der Waals surface area contributed by atoms with Crippen LogP contribution in [-0.4, -0.2) is 28.3 Å². The molecule has 2 atom stereocenters. The highest BCUT2D eigenvalue weighted by Gasteiger charge is 2.10. The molecule has 0 aliphatic rings. The molecule has 0 rings (SSSR count). The molecule has 92 valence electrons. The van der Waals surface area contributed by atoms with Gasteiger partial charge in [-0.05, 0) is 31.7 Å². The summed E-state index contributed by atoms with van der Waals surface area (Å²) in [6.45, 7) is 9.73. The van der Waals surface area contributed by atoms with Gasteiger partial charge in [-0.25, -0.2) is 0 Å². The second-order valence-electron chi connectivity index (χ2n) is 4.55. The van der Waals surface area contributed by atoms with Crippen LogP contribution < -0.4 is 5.32 Å². The molecule has 1 N–H and O–H groups in total. The average molecular weight is 233 g/mol. The van der Waals surface area contributed by atoms with Crippen LogP contribution in [0.5, 0.6) is 0 Å². The first kappa shape index (κ1) is 15.1. The Morgan fingerprint density at radius 2 is 1.93 bits per heavy atom. The average Bonchev–Trinajstić information content (AvgIpc) is 2.21. The molecule has 0 aromatic rings. The molecule has 0 spiro atoms. The Morgan fingerprint density at radius 3 is 2.40 bits per heavy atom. The lowest BCUT2D eigenvalue weighted by Gasteiger charge is -2.16. The highest BCUT2D eigenvalue weighted by molar-refractivity contribution is 7.85. The van der Waals surface area contributed by atoms with Gasteiger partial charge in [0.05, 0.1) is 0 Å². The highest BCUT2D eigenvalue weighted by Crippen LogP contribution is 2.03. The molecule has 0 aromatic heterocycles. The van der Waals surface area contributed by atoms with Crippen LogP contribution in [0.1, 0.15) is 47.0 Å². The third-order valence-corrected chi connectivity index (χ3v) is 3.95. The van der Waals surface area contributed by atoms with Gasteiger partial charge in [-0.1, -0.05) is 27.7 Å². The van der Waals surface area contributed by atoms with Gasteiger partial charge in [0.1, 0.15) is 0 Å². The zero-order chi connectivity index (χ0) is 11.7. The minimum Gasteiger partial charge on any atom is -0.313 e. The molecular weight excluding hydrogens is 206 g/mol. The number of nitrogens with one attached hydrogen (secondary N) is 1. The standard InChI is InChI=1S/C12H27NOS/c1-5-8-13-12(6-2)10-15(14)9-7-11(3)4/h11-13H,5-10H2,1-4H3. The molecule has 2 unspecified atom stereocenters. The zero-order valence-corrected chi connectivity index (χ0v) is 11.5. The van der Waals surface area contributed by atoms with Crippen molar-refractivity contribution in [2.45, 2.75) is 53.0 Å². The molecule has 0 aliphatic carbocycles. The smallest absolute Gasteiger partial charge is 0.0388 e. The van der Waals surface area contributed by atoms with Crippen LogP contribution in [0.25, 0.3) is 0 Å². The Kier molecular flexibility index (Phi) is 9.41. The molecule has 0 aromatic carbocycles. The van der Waals surface area contributed by atoms with E-state index in [-0.39, 0.29) is 0 Å². The van der Waals surface area contributed by atoms with E-state index >= 15 is 0 Å². The second kappa shape index (κ2) is 9.34.